The predicted molar refractivity (Wildman–Crippen MR) is 78.0 cm³/mol. The molecule has 0 aliphatic heterocycles. The number of nitro groups is 1. The number of aryl methyl sites for hydroxylation is 1. The molecule has 0 unspecified atom stereocenters. The smallest absolute Gasteiger partial charge is 0.299 e. The first-order valence-electron chi connectivity index (χ1n) is 5.50. The maximum absolute atomic E-state index is 11.8. The molecule has 19 heavy (non-hydrogen) atoms. The molecule has 2 rings (SSSR count). The first-order valence-corrected chi connectivity index (χ1v) is 7.10. The summed E-state index contributed by atoms with van der Waals surface area (Å²) in [4.78, 5) is 23.1. The Morgan fingerprint density at radius 1 is 1.42 bits per heavy atom. The number of halogens is 1. The molecular formula is C12H11BrN2O3S. The average Bonchev–Trinajstić information content (AvgIpc) is 2.58. The molecule has 0 spiro atoms. The van der Waals surface area contributed by atoms with Crippen molar-refractivity contribution in [2.45, 2.75) is 20.4 Å². The van der Waals surface area contributed by atoms with Crippen LogP contribution in [0.4, 0.5) is 5.69 Å². The van der Waals surface area contributed by atoms with E-state index in [9.17, 15) is 14.9 Å². The Hall–Kier alpha value is -1.47. The Labute approximate surface area is 121 Å². The Balaban J connectivity index is 2.42. The van der Waals surface area contributed by atoms with Gasteiger partial charge < -0.3 is 0 Å². The highest BCUT2D eigenvalue weighted by molar-refractivity contribution is 9.10. The maximum atomic E-state index is 11.8. The summed E-state index contributed by atoms with van der Waals surface area (Å²) in [6, 6.07) is 4.89. The van der Waals surface area contributed by atoms with Gasteiger partial charge in [-0.25, -0.2) is 0 Å². The number of hydrogen-bond acceptors (Lipinski definition) is 4. The quantitative estimate of drug-likeness (QED) is 0.635. The summed E-state index contributed by atoms with van der Waals surface area (Å²) in [5.74, 6) is 0. The van der Waals surface area contributed by atoms with Crippen LogP contribution in [0.15, 0.2) is 27.5 Å². The highest BCUT2D eigenvalue weighted by Gasteiger charge is 2.14. The number of rotatable bonds is 3. The van der Waals surface area contributed by atoms with Crippen LogP contribution in [-0.2, 0) is 6.54 Å². The molecule has 1 aromatic heterocycles. The zero-order chi connectivity index (χ0) is 14.2. The predicted octanol–water partition coefficient (Wildman–Crippen LogP) is 3.25. The lowest BCUT2D eigenvalue weighted by Gasteiger charge is -2.06. The van der Waals surface area contributed by atoms with Gasteiger partial charge in [0.25, 0.3) is 5.69 Å². The summed E-state index contributed by atoms with van der Waals surface area (Å²) in [5.41, 5.74) is 1.65. The summed E-state index contributed by atoms with van der Waals surface area (Å²) in [6.07, 6.45) is 0. The molecular weight excluding hydrogens is 332 g/mol. The van der Waals surface area contributed by atoms with E-state index in [1.807, 2.05) is 13.8 Å². The van der Waals surface area contributed by atoms with E-state index in [1.54, 1.807) is 16.7 Å². The lowest BCUT2D eigenvalue weighted by Crippen LogP contribution is -2.15. The van der Waals surface area contributed by atoms with E-state index in [2.05, 4.69) is 15.9 Å². The van der Waals surface area contributed by atoms with E-state index < -0.39 is 4.92 Å². The normalized spacial score (nSPS) is 10.7. The largest absolute Gasteiger partial charge is 0.307 e. The molecule has 2 aromatic rings. The Kier molecular flexibility index (Phi) is 3.86. The molecule has 0 saturated heterocycles. The molecule has 0 aliphatic rings. The monoisotopic (exact) mass is 342 g/mol. The van der Waals surface area contributed by atoms with Gasteiger partial charge in [-0.3, -0.25) is 19.5 Å². The zero-order valence-corrected chi connectivity index (χ0v) is 12.7. The van der Waals surface area contributed by atoms with Crippen molar-refractivity contribution in [3.8, 4) is 0 Å². The summed E-state index contributed by atoms with van der Waals surface area (Å²) in [6.45, 7) is 4.12. The van der Waals surface area contributed by atoms with Crippen LogP contribution >= 0.6 is 27.3 Å². The second-order valence-electron chi connectivity index (χ2n) is 4.14. The van der Waals surface area contributed by atoms with Crippen LogP contribution in [0.1, 0.15) is 16.1 Å². The third-order valence-electron chi connectivity index (χ3n) is 2.92. The number of benzene rings is 1. The zero-order valence-electron chi connectivity index (χ0n) is 10.3. The van der Waals surface area contributed by atoms with Crippen molar-refractivity contribution in [2.24, 2.45) is 0 Å². The van der Waals surface area contributed by atoms with Crippen molar-refractivity contribution in [1.82, 2.24) is 4.57 Å². The second-order valence-corrected chi connectivity index (χ2v) is 6.16. The molecule has 0 radical (unpaired) electrons. The van der Waals surface area contributed by atoms with Crippen molar-refractivity contribution in [1.29, 1.82) is 0 Å². The molecule has 0 atom stereocenters. The van der Waals surface area contributed by atoms with E-state index in [-0.39, 0.29) is 10.6 Å². The van der Waals surface area contributed by atoms with Crippen molar-refractivity contribution >= 4 is 33.0 Å². The number of hydrogen-bond donors (Lipinski definition) is 0. The van der Waals surface area contributed by atoms with Gasteiger partial charge >= 0.3 is 4.87 Å². The molecule has 5 nitrogen and oxygen atoms in total. The van der Waals surface area contributed by atoms with Crippen LogP contribution in [0.25, 0.3) is 0 Å². The number of thiazole rings is 1. The lowest BCUT2D eigenvalue weighted by atomic mass is 10.2. The standard InChI is InChI=1S/C12H11BrN2O3S/c1-7-8(2)19-12(16)14(7)6-9-3-4-10(13)11(5-9)15(17)18/h3-5H,6H2,1-2H3. The van der Waals surface area contributed by atoms with Gasteiger partial charge in [0.2, 0.25) is 0 Å². The topological polar surface area (TPSA) is 65.1 Å². The van der Waals surface area contributed by atoms with Gasteiger partial charge in [-0.2, -0.15) is 0 Å². The van der Waals surface area contributed by atoms with E-state index in [0.29, 0.717) is 11.0 Å². The molecule has 100 valence electrons. The van der Waals surface area contributed by atoms with Crippen LogP contribution in [0.5, 0.6) is 0 Å². The molecule has 1 aromatic carbocycles. The summed E-state index contributed by atoms with van der Waals surface area (Å²) in [5, 5.41) is 10.9. The van der Waals surface area contributed by atoms with Gasteiger partial charge in [0.15, 0.2) is 0 Å². The molecule has 0 bridgehead atoms. The van der Waals surface area contributed by atoms with E-state index in [0.717, 1.165) is 16.1 Å². The Morgan fingerprint density at radius 3 is 2.63 bits per heavy atom. The molecule has 1 heterocycles. The first-order chi connectivity index (χ1) is 8.90. The highest BCUT2D eigenvalue weighted by Crippen LogP contribution is 2.26. The van der Waals surface area contributed by atoms with Crippen LogP contribution < -0.4 is 4.87 Å². The maximum Gasteiger partial charge on any atom is 0.307 e. The second kappa shape index (κ2) is 5.26. The van der Waals surface area contributed by atoms with Crippen LogP contribution in [0.3, 0.4) is 0 Å². The van der Waals surface area contributed by atoms with Crippen LogP contribution in [0, 0.1) is 24.0 Å². The minimum Gasteiger partial charge on any atom is -0.299 e. The molecule has 0 fully saturated rings. The fourth-order valence-electron chi connectivity index (χ4n) is 1.75. The number of nitro benzene ring substituents is 1. The summed E-state index contributed by atoms with van der Waals surface area (Å²) >= 11 is 4.33. The van der Waals surface area contributed by atoms with Gasteiger partial charge in [0.05, 0.1) is 15.9 Å². The highest BCUT2D eigenvalue weighted by atomic mass is 79.9. The van der Waals surface area contributed by atoms with Gasteiger partial charge in [-0.15, -0.1) is 0 Å². The molecule has 0 saturated carbocycles. The molecule has 0 amide bonds. The van der Waals surface area contributed by atoms with E-state index in [4.69, 9.17) is 0 Å². The van der Waals surface area contributed by atoms with Crippen molar-refractivity contribution in [3.05, 3.63) is 58.6 Å². The Bertz CT molecular complexity index is 705. The van der Waals surface area contributed by atoms with Crippen molar-refractivity contribution in [3.63, 3.8) is 0 Å². The average molecular weight is 343 g/mol. The van der Waals surface area contributed by atoms with Gasteiger partial charge in [0, 0.05) is 16.6 Å². The lowest BCUT2D eigenvalue weighted by molar-refractivity contribution is -0.385. The third kappa shape index (κ3) is 2.76. The molecule has 0 N–H and O–H groups in total. The third-order valence-corrected chi connectivity index (χ3v) is 4.59. The van der Waals surface area contributed by atoms with Crippen molar-refractivity contribution < 1.29 is 4.92 Å². The number of aromatic nitrogens is 1. The minimum atomic E-state index is -0.442. The Morgan fingerprint density at radius 2 is 2.11 bits per heavy atom. The van der Waals surface area contributed by atoms with Gasteiger partial charge in [-0.05, 0) is 41.4 Å². The minimum absolute atomic E-state index is 0.00940. The van der Waals surface area contributed by atoms with Gasteiger partial charge in [-0.1, -0.05) is 17.4 Å². The molecule has 0 aliphatic carbocycles. The summed E-state index contributed by atoms with van der Waals surface area (Å²) < 4.78 is 2.07. The number of nitrogens with zero attached hydrogens (tertiary/aromatic N) is 2. The van der Waals surface area contributed by atoms with E-state index in [1.165, 1.54) is 17.4 Å². The fraction of sp³-hybridized carbons (Fsp3) is 0.250. The van der Waals surface area contributed by atoms with Gasteiger partial charge in [0.1, 0.15) is 0 Å². The van der Waals surface area contributed by atoms with Crippen molar-refractivity contribution in [2.75, 3.05) is 0 Å². The van der Waals surface area contributed by atoms with Crippen LogP contribution in [0.2, 0.25) is 0 Å². The molecule has 7 heteroatoms. The van der Waals surface area contributed by atoms with E-state index >= 15 is 0 Å². The summed E-state index contributed by atoms with van der Waals surface area (Å²) in [7, 11) is 0. The SMILES string of the molecule is Cc1sc(=O)n(Cc2ccc(Br)c([N+](=O)[O-])c2)c1C. The first kappa shape index (κ1) is 14.0. The fourth-order valence-corrected chi connectivity index (χ4v) is 2.97. The van der Waals surface area contributed by atoms with Crippen LogP contribution in [-0.4, -0.2) is 9.49 Å².